The van der Waals surface area contributed by atoms with Gasteiger partial charge in [-0.15, -0.1) is 0 Å². The molecule has 9 heteroatoms. The Balaban J connectivity index is 1.79. The second-order valence-electron chi connectivity index (χ2n) is 3.71. The van der Waals surface area contributed by atoms with Crippen LogP contribution in [0.1, 0.15) is 6.42 Å². The van der Waals surface area contributed by atoms with Crippen molar-refractivity contribution in [2.24, 2.45) is 7.05 Å². The Bertz CT molecular complexity index is 510. The molecule has 2 heterocycles. The zero-order chi connectivity index (χ0) is 13.7. The maximum absolute atomic E-state index is 11.9. The zero-order valence-corrected chi connectivity index (χ0v) is 11.9. The van der Waals surface area contributed by atoms with E-state index in [4.69, 9.17) is 0 Å². The van der Waals surface area contributed by atoms with Gasteiger partial charge < -0.3 is 9.11 Å². The Morgan fingerprint density at radius 1 is 1.21 bits per heavy atom. The molecular formula is C10H13N5O2S2. The van der Waals surface area contributed by atoms with Gasteiger partial charge in [0.15, 0.2) is 0 Å². The summed E-state index contributed by atoms with van der Waals surface area (Å²) >= 11 is -2.42. The fourth-order valence-corrected chi connectivity index (χ4v) is 3.67. The van der Waals surface area contributed by atoms with Crippen molar-refractivity contribution in [2.75, 3.05) is 11.5 Å². The van der Waals surface area contributed by atoms with Crippen molar-refractivity contribution in [2.45, 2.75) is 16.6 Å². The molecule has 0 bridgehead atoms. The van der Waals surface area contributed by atoms with Gasteiger partial charge in [-0.1, -0.05) is 11.2 Å². The first kappa shape index (κ1) is 14.3. The minimum Gasteiger partial charge on any atom is -0.610 e. The topological polar surface area (TPSA) is 103 Å². The summed E-state index contributed by atoms with van der Waals surface area (Å²) in [5.41, 5.74) is 0. The van der Waals surface area contributed by atoms with Crippen LogP contribution in [0.5, 0.6) is 0 Å². The number of tetrazole rings is 1. The summed E-state index contributed by atoms with van der Waals surface area (Å²) in [5.74, 6) is 0.806. The quantitative estimate of drug-likeness (QED) is 0.691. The van der Waals surface area contributed by atoms with Crippen LogP contribution in [-0.4, -0.2) is 45.8 Å². The molecule has 0 N–H and O–H groups in total. The molecule has 0 aliphatic rings. The Morgan fingerprint density at radius 3 is 2.63 bits per heavy atom. The van der Waals surface area contributed by atoms with Crippen LogP contribution in [0.2, 0.25) is 0 Å². The van der Waals surface area contributed by atoms with Crippen LogP contribution in [0.4, 0.5) is 0 Å². The third-order valence-corrected chi connectivity index (χ3v) is 5.10. The van der Waals surface area contributed by atoms with Gasteiger partial charge in [-0.25, -0.2) is 4.98 Å². The molecule has 0 spiro atoms. The highest BCUT2D eigenvalue weighted by atomic mass is 32.2. The zero-order valence-electron chi connectivity index (χ0n) is 10.3. The molecule has 0 radical (unpaired) electrons. The van der Waals surface area contributed by atoms with Crippen molar-refractivity contribution in [3.8, 4) is 0 Å². The normalized spacial score (nSPS) is 14.3. The molecule has 0 saturated carbocycles. The van der Waals surface area contributed by atoms with E-state index in [-0.39, 0.29) is 0 Å². The molecule has 102 valence electrons. The SMILES string of the molecule is Cn1nnnc1[S+]([O-])CCC[S+]([O-])c1ccccn1. The highest BCUT2D eigenvalue weighted by Crippen LogP contribution is 2.11. The molecule has 7 nitrogen and oxygen atoms in total. The van der Waals surface area contributed by atoms with E-state index in [1.807, 2.05) is 0 Å². The van der Waals surface area contributed by atoms with E-state index in [0.717, 1.165) is 0 Å². The lowest BCUT2D eigenvalue weighted by molar-refractivity contribution is 0.566. The van der Waals surface area contributed by atoms with Crippen LogP contribution >= 0.6 is 0 Å². The molecule has 2 atom stereocenters. The summed E-state index contributed by atoms with van der Waals surface area (Å²) < 4.78 is 25.1. The molecule has 2 rings (SSSR count). The fourth-order valence-electron chi connectivity index (χ4n) is 1.41. The summed E-state index contributed by atoms with van der Waals surface area (Å²) in [6.45, 7) is 0. The van der Waals surface area contributed by atoms with Gasteiger partial charge in [-0.05, 0) is 16.5 Å². The molecule has 0 aliphatic heterocycles. The highest BCUT2D eigenvalue weighted by Gasteiger charge is 2.20. The van der Waals surface area contributed by atoms with Gasteiger partial charge >= 0.3 is 5.16 Å². The van der Waals surface area contributed by atoms with Gasteiger partial charge in [0, 0.05) is 48.1 Å². The number of nitrogens with zero attached hydrogens (tertiary/aromatic N) is 5. The molecule has 2 aromatic rings. The van der Waals surface area contributed by atoms with E-state index in [1.54, 1.807) is 31.4 Å². The smallest absolute Gasteiger partial charge is 0.360 e. The minimum atomic E-state index is -1.26. The summed E-state index contributed by atoms with van der Waals surface area (Å²) in [6.07, 6.45) is 2.17. The van der Waals surface area contributed by atoms with Crippen LogP contribution in [0, 0.1) is 0 Å². The molecule has 0 fully saturated rings. The molecular weight excluding hydrogens is 286 g/mol. The first-order chi connectivity index (χ1) is 9.18. The summed E-state index contributed by atoms with van der Waals surface area (Å²) in [4.78, 5) is 4.03. The van der Waals surface area contributed by atoms with E-state index in [1.165, 1.54) is 4.68 Å². The van der Waals surface area contributed by atoms with Crippen LogP contribution in [-0.2, 0) is 29.4 Å². The van der Waals surface area contributed by atoms with Crippen molar-refractivity contribution in [3.63, 3.8) is 0 Å². The Kier molecular flexibility index (Phi) is 5.14. The van der Waals surface area contributed by atoms with Gasteiger partial charge in [0.2, 0.25) is 5.03 Å². The number of pyridine rings is 1. The average Bonchev–Trinajstić information content (AvgIpc) is 2.86. The predicted octanol–water partition coefficient (Wildman–Crippen LogP) is -0.0894. The highest BCUT2D eigenvalue weighted by molar-refractivity contribution is 7.92. The lowest BCUT2D eigenvalue weighted by atomic mass is 10.5. The first-order valence-electron chi connectivity index (χ1n) is 5.58. The minimum absolute atomic E-state index is 0.337. The standard InChI is InChI=1S/C10H13N5O2S2/c1-15-10(12-13-14-15)19(17)8-4-7-18(16)9-5-2-3-6-11-9/h2-3,5-6H,4,7-8H2,1H3. The maximum Gasteiger partial charge on any atom is 0.360 e. The third kappa shape index (κ3) is 3.90. The molecule has 0 aliphatic carbocycles. The van der Waals surface area contributed by atoms with E-state index < -0.39 is 22.4 Å². The van der Waals surface area contributed by atoms with Gasteiger partial charge in [-0.2, -0.15) is 4.68 Å². The van der Waals surface area contributed by atoms with E-state index in [0.29, 0.717) is 28.1 Å². The Morgan fingerprint density at radius 2 is 2.00 bits per heavy atom. The average molecular weight is 299 g/mol. The van der Waals surface area contributed by atoms with Crippen molar-refractivity contribution >= 4 is 22.4 Å². The Hall–Kier alpha value is -1.16. The molecule has 0 amide bonds. The third-order valence-electron chi connectivity index (χ3n) is 2.32. The van der Waals surface area contributed by atoms with Crippen molar-refractivity contribution in [1.29, 1.82) is 0 Å². The lowest BCUT2D eigenvalue weighted by Crippen LogP contribution is -2.17. The molecule has 0 saturated heterocycles. The monoisotopic (exact) mass is 299 g/mol. The van der Waals surface area contributed by atoms with Gasteiger partial charge in [0.25, 0.3) is 0 Å². The van der Waals surface area contributed by atoms with Crippen LogP contribution in [0.15, 0.2) is 34.6 Å². The van der Waals surface area contributed by atoms with Crippen LogP contribution < -0.4 is 0 Å². The fraction of sp³-hybridized carbons (Fsp3) is 0.400. The molecule has 19 heavy (non-hydrogen) atoms. The van der Waals surface area contributed by atoms with E-state index in [9.17, 15) is 9.11 Å². The van der Waals surface area contributed by atoms with Crippen molar-refractivity contribution in [1.82, 2.24) is 25.2 Å². The van der Waals surface area contributed by atoms with Gasteiger partial charge in [0.05, 0.1) is 0 Å². The van der Waals surface area contributed by atoms with Gasteiger partial charge in [0.1, 0.15) is 11.5 Å². The predicted molar refractivity (Wildman–Crippen MR) is 70.2 cm³/mol. The van der Waals surface area contributed by atoms with E-state index in [2.05, 4.69) is 20.5 Å². The van der Waals surface area contributed by atoms with Gasteiger partial charge in [-0.3, -0.25) is 0 Å². The van der Waals surface area contributed by atoms with Crippen LogP contribution in [0.3, 0.4) is 0 Å². The molecule has 0 aromatic carbocycles. The molecule has 2 aromatic heterocycles. The lowest BCUT2D eigenvalue weighted by Gasteiger charge is -2.10. The second kappa shape index (κ2) is 6.85. The molecule has 2 unspecified atom stereocenters. The summed E-state index contributed by atoms with van der Waals surface area (Å²) in [6, 6.07) is 5.29. The Labute approximate surface area is 116 Å². The second-order valence-corrected chi connectivity index (χ2v) is 6.69. The van der Waals surface area contributed by atoms with Crippen LogP contribution in [0.25, 0.3) is 0 Å². The number of aryl methyl sites for hydroxylation is 1. The number of aromatic nitrogens is 5. The number of rotatable bonds is 6. The van der Waals surface area contributed by atoms with Crippen molar-refractivity contribution < 1.29 is 9.11 Å². The first-order valence-corrected chi connectivity index (χ1v) is 8.22. The van der Waals surface area contributed by atoms with E-state index >= 15 is 0 Å². The maximum atomic E-state index is 11.9. The number of hydrogen-bond donors (Lipinski definition) is 0. The van der Waals surface area contributed by atoms with Crippen molar-refractivity contribution in [3.05, 3.63) is 24.4 Å². The number of hydrogen-bond acceptors (Lipinski definition) is 6. The summed E-state index contributed by atoms with van der Waals surface area (Å²) in [7, 11) is 1.64. The largest absolute Gasteiger partial charge is 0.610 e. The summed E-state index contributed by atoms with van der Waals surface area (Å²) in [5, 5.41) is 11.6.